The number of hydrogen-bond acceptors (Lipinski definition) is 5. The molecule has 0 atom stereocenters. The molecule has 0 unspecified atom stereocenters. The normalized spacial score (nSPS) is 10.0. The summed E-state index contributed by atoms with van der Waals surface area (Å²) in [5, 5.41) is 21.0. The summed E-state index contributed by atoms with van der Waals surface area (Å²) in [6, 6.07) is 11.7. The first kappa shape index (κ1) is 13.5. The van der Waals surface area contributed by atoms with E-state index in [9.17, 15) is 20.2 Å². The smallest absolute Gasteiger partial charge is 0.269 e. The van der Waals surface area contributed by atoms with Crippen LogP contribution in [0.1, 0.15) is 5.56 Å². The molecule has 0 bridgehead atoms. The average molecular weight is 274 g/mol. The van der Waals surface area contributed by atoms with E-state index in [4.69, 9.17) is 4.74 Å². The third kappa shape index (κ3) is 3.29. The molecule has 0 spiro atoms. The molecule has 0 aliphatic carbocycles. The quantitative estimate of drug-likeness (QED) is 0.616. The molecule has 2 aromatic carbocycles. The molecular weight excluding hydrogens is 264 g/mol. The maximum absolute atomic E-state index is 10.5. The maximum Gasteiger partial charge on any atom is 0.269 e. The summed E-state index contributed by atoms with van der Waals surface area (Å²) in [5.74, 6) is 0.494. The van der Waals surface area contributed by atoms with Crippen LogP contribution in [-0.4, -0.2) is 9.85 Å². The maximum atomic E-state index is 10.5. The highest BCUT2D eigenvalue weighted by Crippen LogP contribution is 2.19. The largest absolute Gasteiger partial charge is 0.489 e. The third-order valence-corrected chi connectivity index (χ3v) is 2.60. The van der Waals surface area contributed by atoms with Crippen molar-refractivity contribution >= 4 is 11.4 Å². The summed E-state index contributed by atoms with van der Waals surface area (Å²) >= 11 is 0. The van der Waals surface area contributed by atoms with E-state index in [0.29, 0.717) is 5.75 Å². The van der Waals surface area contributed by atoms with Crippen LogP contribution in [-0.2, 0) is 6.61 Å². The van der Waals surface area contributed by atoms with Gasteiger partial charge in [-0.2, -0.15) is 0 Å². The number of nitro benzene ring substituents is 2. The Morgan fingerprint density at radius 3 is 1.70 bits per heavy atom. The summed E-state index contributed by atoms with van der Waals surface area (Å²) in [6.07, 6.45) is 0. The van der Waals surface area contributed by atoms with E-state index < -0.39 is 9.85 Å². The van der Waals surface area contributed by atoms with Gasteiger partial charge in [0, 0.05) is 24.3 Å². The zero-order chi connectivity index (χ0) is 14.5. The molecule has 2 aromatic rings. The molecule has 7 heteroatoms. The van der Waals surface area contributed by atoms with Crippen LogP contribution in [0.5, 0.6) is 5.75 Å². The van der Waals surface area contributed by atoms with Crippen molar-refractivity contribution in [1.82, 2.24) is 0 Å². The molecule has 0 aliphatic heterocycles. The number of benzene rings is 2. The molecule has 20 heavy (non-hydrogen) atoms. The van der Waals surface area contributed by atoms with Crippen LogP contribution < -0.4 is 4.74 Å². The Hall–Kier alpha value is -2.96. The molecule has 0 saturated carbocycles. The second kappa shape index (κ2) is 5.79. The van der Waals surface area contributed by atoms with Crippen molar-refractivity contribution in [2.24, 2.45) is 0 Å². The van der Waals surface area contributed by atoms with Crippen molar-refractivity contribution in [1.29, 1.82) is 0 Å². The molecular formula is C13H10N2O5. The summed E-state index contributed by atoms with van der Waals surface area (Å²) in [7, 11) is 0. The SMILES string of the molecule is O=[N+]([O-])c1ccc(COc2ccc([N+](=O)[O-])cc2)cc1. The summed E-state index contributed by atoms with van der Waals surface area (Å²) in [4.78, 5) is 20.0. The second-order valence-corrected chi connectivity index (χ2v) is 3.96. The van der Waals surface area contributed by atoms with Gasteiger partial charge in [0.05, 0.1) is 9.85 Å². The first-order chi connectivity index (χ1) is 9.56. The Morgan fingerprint density at radius 2 is 1.25 bits per heavy atom. The Morgan fingerprint density at radius 1 is 0.800 bits per heavy atom. The molecule has 7 nitrogen and oxygen atoms in total. The molecule has 0 N–H and O–H groups in total. The summed E-state index contributed by atoms with van der Waals surface area (Å²) in [5.41, 5.74) is 0.783. The van der Waals surface area contributed by atoms with Crippen LogP contribution in [0.3, 0.4) is 0 Å². The first-order valence-electron chi connectivity index (χ1n) is 5.67. The zero-order valence-corrected chi connectivity index (χ0v) is 10.3. The fraction of sp³-hybridized carbons (Fsp3) is 0.0769. The minimum absolute atomic E-state index is 0.00677. The van der Waals surface area contributed by atoms with E-state index in [0.717, 1.165) is 5.56 Å². The van der Waals surface area contributed by atoms with E-state index in [2.05, 4.69) is 0 Å². The Bertz CT molecular complexity index is 565. The van der Waals surface area contributed by atoms with Gasteiger partial charge in [0.25, 0.3) is 11.4 Å². The van der Waals surface area contributed by atoms with Gasteiger partial charge in [-0.05, 0) is 29.8 Å². The van der Waals surface area contributed by atoms with Gasteiger partial charge in [0.1, 0.15) is 12.4 Å². The Balaban J connectivity index is 1.97. The Kier molecular flexibility index (Phi) is 3.90. The molecule has 0 saturated heterocycles. The number of nitrogens with zero attached hydrogens (tertiary/aromatic N) is 2. The third-order valence-electron chi connectivity index (χ3n) is 2.60. The van der Waals surface area contributed by atoms with Crippen LogP contribution in [0.15, 0.2) is 48.5 Å². The van der Waals surface area contributed by atoms with Crippen molar-refractivity contribution in [3.8, 4) is 5.75 Å². The van der Waals surface area contributed by atoms with E-state index in [1.165, 1.54) is 36.4 Å². The average Bonchev–Trinajstić information content (AvgIpc) is 2.46. The van der Waals surface area contributed by atoms with Gasteiger partial charge >= 0.3 is 0 Å². The van der Waals surface area contributed by atoms with Crippen molar-refractivity contribution in [3.05, 3.63) is 74.3 Å². The van der Waals surface area contributed by atoms with Gasteiger partial charge in [-0.3, -0.25) is 20.2 Å². The standard InChI is InChI=1S/C13H10N2O5/c16-14(17)11-3-1-10(2-4-11)9-20-13-7-5-12(6-8-13)15(18)19/h1-8H,9H2. The predicted octanol–water partition coefficient (Wildman–Crippen LogP) is 3.08. The molecule has 0 aromatic heterocycles. The summed E-state index contributed by atoms with van der Waals surface area (Å²) < 4.78 is 5.43. The van der Waals surface area contributed by atoms with Gasteiger partial charge in [0.15, 0.2) is 0 Å². The first-order valence-corrected chi connectivity index (χ1v) is 5.67. The topological polar surface area (TPSA) is 95.5 Å². The fourth-order valence-electron chi connectivity index (χ4n) is 1.54. The van der Waals surface area contributed by atoms with Crippen molar-refractivity contribution in [2.75, 3.05) is 0 Å². The lowest BCUT2D eigenvalue weighted by Crippen LogP contribution is -1.96. The number of non-ortho nitro benzene ring substituents is 2. The lowest BCUT2D eigenvalue weighted by atomic mass is 10.2. The van der Waals surface area contributed by atoms with Gasteiger partial charge < -0.3 is 4.74 Å². The fourth-order valence-corrected chi connectivity index (χ4v) is 1.54. The van der Waals surface area contributed by atoms with Crippen molar-refractivity contribution < 1.29 is 14.6 Å². The second-order valence-electron chi connectivity index (χ2n) is 3.96. The van der Waals surface area contributed by atoms with Crippen LogP contribution >= 0.6 is 0 Å². The van der Waals surface area contributed by atoms with Crippen molar-refractivity contribution in [3.63, 3.8) is 0 Å². The molecule has 102 valence electrons. The number of hydrogen-bond donors (Lipinski definition) is 0. The van der Waals surface area contributed by atoms with Gasteiger partial charge in [-0.1, -0.05) is 0 Å². The lowest BCUT2D eigenvalue weighted by molar-refractivity contribution is -0.385. The van der Waals surface area contributed by atoms with Gasteiger partial charge in [0.2, 0.25) is 0 Å². The minimum atomic E-state index is -0.486. The van der Waals surface area contributed by atoms with Crippen LogP contribution in [0.4, 0.5) is 11.4 Å². The number of rotatable bonds is 5. The minimum Gasteiger partial charge on any atom is -0.489 e. The molecule has 0 aliphatic rings. The molecule has 2 rings (SSSR count). The molecule has 0 radical (unpaired) electrons. The molecule has 0 heterocycles. The highest BCUT2D eigenvalue weighted by atomic mass is 16.6. The zero-order valence-electron chi connectivity index (χ0n) is 10.3. The van der Waals surface area contributed by atoms with Gasteiger partial charge in [-0.25, -0.2) is 0 Å². The number of nitro groups is 2. The highest BCUT2D eigenvalue weighted by molar-refractivity contribution is 5.36. The van der Waals surface area contributed by atoms with E-state index >= 15 is 0 Å². The van der Waals surface area contributed by atoms with Crippen LogP contribution in [0.2, 0.25) is 0 Å². The predicted molar refractivity (Wildman–Crippen MR) is 70.5 cm³/mol. The van der Waals surface area contributed by atoms with Crippen LogP contribution in [0, 0.1) is 20.2 Å². The summed E-state index contributed by atoms with van der Waals surface area (Å²) in [6.45, 7) is 0.232. The highest BCUT2D eigenvalue weighted by Gasteiger charge is 2.06. The van der Waals surface area contributed by atoms with Crippen molar-refractivity contribution in [2.45, 2.75) is 6.61 Å². The monoisotopic (exact) mass is 274 g/mol. The van der Waals surface area contributed by atoms with E-state index in [-0.39, 0.29) is 18.0 Å². The Labute approximate surface area is 113 Å². The lowest BCUT2D eigenvalue weighted by Gasteiger charge is -2.05. The van der Waals surface area contributed by atoms with Crippen LogP contribution in [0.25, 0.3) is 0 Å². The van der Waals surface area contributed by atoms with Gasteiger partial charge in [-0.15, -0.1) is 0 Å². The van der Waals surface area contributed by atoms with E-state index in [1.807, 2.05) is 0 Å². The van der Waals surface area contributed by atoms with E-state index in [1.54, 1.807) is 12.1 Å². The number of ether oxygens (including phenoxy) is 1. The molecule has 0 fully saturated rings. The molecule has 0 amide bonds.